The molecule has 0 amide bonds. The summed E-state index contributed by atoms with van der Waals surface area (Å²) in [6, 6.07) is 0. The maximum Gasteiger partial charge on any atom is 0.314 e. The Morgan fingerprint density at radius 1 is 1.80 bits per heavy atom. The van der Waals surface area contributed by atoms with Gasteiger partial charge in [0.05, 0.1) is 5.92 Å². The number of carbonyl (C=O) groups is 1. The molecule has 0 heterocycles. The molecule has 1 unspecified atom stereocenters. The highest BCUT2D eigenvalue weighted by Crippen LogP contribution is 2.01. The van der Waals surface area contributed by atoms with Crippen LogP contribution >= 0.6 is 0 Å². The summed E-state index contributed by atoms with van der Waals surface area (Å²) in [4.78, 5) is 14.3. The van der Waals surface area contributed by atoms with E-state index in [0.29, 0.717) is 0 Å². The standard InChI is InChI=1S/C7H13NO2/c1-4-6(2)7(9)10-5-8-3/h5-6H,4H2,1-3H3. The van der Waals surface area contributed by atoms with Crippen LogP contribution in [0.3, 0.4) is 0 Å². The van der Waals surface area contributed by atoms with E-state index < -0.39 is 0 Å². The van der Waals surface area contributed by atoms with Crippen molar-refractivity contribution >= 4 is 12.4 Å². The van der Waals surface area contributed by atoms with Crippen LogP contribution in [0.15, 0.2) is 4.99 Å². The summed E-state index contributed by atoms with van der Waals surface area (Å²) in [5.74, 6) is -0.244. The average Bonchev–Trinajstić information content (AvgIpc) is 1.98. The molecule has 0 bridgehead atoms. The topological polar surface area (TPSA) is 38.7 Å². The summed E-state index contributed by atoms with van der Waals surface area (Å²) >= 11 is 0. The van der Waals surface area contributed by atoms with Gasteiger partial charge in [-0.1, -0.05) is 13.8 Å². The van der Waals surface area contributed by atoms with E-state index in [-0.39, 0.29) is 11.9 Å². The fourth-order valence-electron chi connectivity index (χ4n) is 0.387. The summed E-state index contributed by atoms with van der Waals surface area (Å²) in [6.45, 7) is 3.76. The number of esters is 1. The number of hydrogen-bond donors (Lipinski definition) is 0. The highest BCUT2D eigenvalue weighted by atomic mass is 16.5. The van der Waals surface area contributed by atoms with Gasteiger partial charge in [0.1, 0.15) is 0 Å². The van der Waals surface area contributed by atoms with Crippen molar-refractivity contribution in [2.75, 3.05) is 7.05 Å². The maximum absolute atomic E-state index is 10.8. The molecule has 0 radical (unpaired) electrons. The first kappa shape index (κ1) is 9.14. The van der Waals surface area contributed by atoms with E-state index in [4.69, 9.17) is 0 Å². The van der Waals surface area contributed by atoms with Crippen molar-refractivity contribution in [1.29, 1.82) is 0 Å². The summed E-state index contributed by atoms with van der Waals surface area (Å²) in [5, 5.41) is 0. The highest BCUT2D eigenvalue weighted by molar-refractivity contribution is 5.79. The quantitative estimate of drug-likeness (QED) is 0.338. The van der Waals surface area contributed by atoms with Crippen LogP contribution in [0.2, 0.25) is 0 Å². The molecule has 1 atom stereocenters. The predicted molar refractivity (Wildman–Crippen MR) is 40.0 cm³/mol. The van der Waals surface area contributed by atoms with Gasteiger partial charge in [0.25, 0.3) is 0 Å². The molecular formula is C7H13NO2. The fourth-order valence-corrected chi connectivity index (χ4v) is 0.387. The van der Waals surface area contributed by atoms with Crippen LogP contribution in [-0.4, -0.2) is 19.4 Å². The van der Waals surface area contributed by atoms with Crippen molar-refractivity contribution in [1.82, 2.24) is 0 Å². The Labute approximate surface area is 61.1 Å². The van der Waals surface area contributed by atoms with Crippen LogP contribution in [0.4, 0.5) is 0 Å². The molecule has 0 fully saturated rings. The molecule has 3 heteroatoms. The number of nitrogens with zero attached hydrogens (tertiary/aromatic N) is 1. The van der Waals surface area contributed by atoms with E-state index in [0.717, 1.165) is 12.8 Å². The van der Waals surface area contributed by atoms with Crippen molar-refractivity contribution in [2.45, 2.75) is 20.3 Å². The third-order valence-electron chi connectivity index (χ3n) is 1.29. The smallest absolute Gasteiger partial charge is 0.314 e. The van der Waals surface area contributed by atoms with Gasteiger partial charge in [-0.3, -0.25) is 9.79 Å². The van der Waals surface area contributed by atoms with Gasteiger partial charge in [-0.05, 0) is 6.42 Å². The van der Waals surface area contributed by atoms with Crippen LogP contribution in [0, 0.1) is 5.92 Å². The number of aliphatic imine (C=N–C) groups is 1. The van der Waals surface area contributed by atoms with Crippen molar-refractivity contribution < 1.29 is 9.53 Å². The summed E-state index contributed by atoms with van der Waals surface area (Å²) in [6.07, 6.45) is 1.96. The number of rotatable bonds is 3. The number of ether oxygens (including phenoxy) is 1. The minimum Gasteiger partial charge on any atom is -0.415 e. The van der Waals surface area contributed by atoms with Gasteiger partial charge in [-0.25, -0.2) is 0 Å². The normalized spacial score (nSPS) is 13.5. The molecule has 0 aliphatic heterocycles. The molecule has 0 spiro atoms. The molecule has 0 saturated carbocycles. The lowest BCUT2D eigenvalue weighted by Gasteiger charge is -2.03. The van der Waals surface area contributed by atoms with Crippen molar-refractivity contribution in [3.05, 3.63) is 0 Å². The third-order valence-corrected chi connectivity index (χ3v) is 1.29. The maximum atomic E-state index is 10.8. The van der Waals surface area contributed by atoms with Gasteiger partial charge in [0.15, 0.2) is 6.40 Å². The molecular weight excluding hydrogens is 130 g/mol. The van der Waals surface area contributed by atoms with Gasteiger partial charge in [-0.2, -0.15) is 0 Å². The van der Waals surface area contributed by atoms with Crippen LogP contribution < -0.4 is 0 Å². The lowest BCUT2D eigenvalue weighted by atomic mass is 10.1. The van der Waals surface area contributed by atoms with Gasteiger partial charge < -0.3 is 4.74 Å². The van der Waals surface area contributed by atoms with E-state index >= 15 is 0 Å². The van der Waals surface area contributed by atoms with E-state index in [1.807, 2.05) is 13.8 Å². The monoisotopic (exact) mass is 143 g/mol. The van der Waals surface area contributed by atoms with Crippen molar-refractivity contribution in [3.8, 4) is 0 Å². The van der Waals surface area contributed by atoms with Gasteiger partial charge >= 0.3 is 5.97 Å². The van der Waals surface area contributed by atoms with E-state index in [2.05, 4.69) is 9.73 Å². The Hall–Kier alpha value is -0.860. The lowest BCUT2D eigenvalue weighted by molar-refractivity contribution is -0.139. The van der Waals surface area contributed by atoms with E-state index in [1.54, 1.807) is 7.05 Å². The number of hydrogen-bond acceptors (Lipinski definition) is 3. The Morgan fingerprint density at radius 2 is 2.40 bits per heavy atom. The second kappa shape index (κ2) is 4.97. The van der Waals surface area contributed by atoms with Crippen LogP contribution in [0.5, 0.6) is 0 Å². The molecule has 10 heavy (non-hydrogen) atoms. The summed E-state index contributed by atoms with van der Waals surface area (Å²) in [5.41, 5.74) is 0. The minimum absolute atomic E-state index is 0.0296. The Morgan fingerprint density at radius 3 is 2.80 bits per heavy atom. The van der Waals surface area contributed by atoms with Crippen LogP contribution in [0.25, 0.3) is 0 Å². The molecule has 0 aromatic rings. The molecule has 3 nitrogen and oxygen atoms in total. The third kappa shape index (κ3) is 3.22. The average molecular weight is 143 g/mol. The predicted octanol–water partition coefficient (Wildman–Crippen LogP) is 1.23. The number of carbonyl (C=O) groups excluding carboxylic acids is 1. The molecule has 0 aromatic carbocycles. The molecule has 0 N–H and O–H groups in total. The molecule has 0 rings (SSSR count). The van der Waals surface area contributed by atoms with Gasteiger partial charge in [0, 0.05) is 7.05 Å². The Kier molecular flexibility index (Phi) is 4.54. The molecule has 0 aromatic heterocycles. The largest absolute Gasteiger partial charge is 0.415 e. The minimum atomic E-state index is -0.215. The molecule has 0 saturated heterocycles. The van der Waals surface area contributed by atoms with Crippen LogP contribution in [0.1, 0.15) is 20.3 Å². The molecule has 0 aliphatic rings. The van der Waals surface area contributed by atoms with E-state index in [9.17, 15) is 4.79 Å². The fraction of sp³-hybridized carbons (Fsp3) is 0.714. The SMILES string of the molecule is CCC(C)C(=O)OC=NC. The molecule has 0 aliphatic carbocycles. The second-order valence-corrected chi connectivity index (χ2v) is 2.11. The van der Waals surface area contributed by atoms with Crippen molar-refractivity contribution in [3.63, 3.8) is 0 Å². The van der Waals surface area contributed by atoms with Gasteiger partial charge in [-0.15, -0.1) is 0 Å². The van der Waals surface area contributed by atoms with E-state index in [1.165, 1.54) is 0 Å². The summed E-state index contributed by atoms with van der Waals surface area (Å²) in [7, 11) is 1.56. The zero-order chi connectivity index (χ0) is 7.98. The second-order valence-electron chi connectivity index (χ2n) is 2.11. The zero-order valence-corrected chi connectivity index (χ0v) is 6.63. The highest BCUT2D eigenvalue weighted by Gasteiger charge is 2.09. The van der Waals surface area contributed by atoms with Crippen molar-refractivity contribution in [2.24, 2.45) is 10.9 Å². The first-order chi connectivity index (χ1) is 4.72. The summed E-state index contributed by atoms with van der Waals surface area (Å²) < 4.78 is 4.61. The zero-order valence-electron chi connectivity index (χ0n) is 6.63. The molecule has 58 valence electrons. The lowest BCUT2D eigenvalue weighted by Crippen LogP contribution is -2.12. The Bertz CT molecular complexity index is 132. The van der Waals surface area contributed by atoms with Crippen LogP contribution in [-0.2, 0) is 9.53 Å². The first-order valence-corrected chi connectivity index (χ1v) is 3.33. The Balaban J connectivity index is 3.62. The first-order valence-electron chi connectivity index (χ1n) is 3.33. The van der Waals surface area contributed by atoms with Gasteiger partial charge in [0.2, 0.25) is 0 Å².